The predicted molar refractivity (Wildman–Crippen MR) is 130 cm³/mol. The van der Waals surface area contributed by atoms with Crippen LogP contribution in [0.5, 0.6) is 0 Å². The molecule has 1 aliphatic rings. The van der Waals surface area contributed by atoms with E-state index in [2.05, 4.69) is 10.3 Å². The van der Waals surface area contributed by atoms with Gasteiger partial charge >= 0.3 is 5.97 Å². The van der Waals surface area contributed by atoms with Crippen LogP contribution in [0.2, 0.25) is 0 Å². The molecular formula is C26H28N2O4S. The Labute approximate surface area is 196 Å². The lowest BCUT2D eigenvalue weighted by atomic mass is 9.86. The molecule has 1 saturated carbocycles. The van der Waals surface area contributed by atoms with Gasteiger partial charge in [0.25, 0.3) is 5.91 Å². The number of pyridine rings is 1. The molecule has 1 amide bonds. The van der Waals surface area contributed by atoms with Gasteiger partial charge in [-0.3, -0.25) is 14.4 Å². The van der Waals surface area contributed by atoms with Gasteiger partial charge in [-0.15, -0.1) is 11.3 Å². The summed E-state index contributed by atoms with van der Waals surface area (Å²) in [6.45, 7) is 4.03. The maximum atomic E-state index is 13.2. The summed E-state index contributed by atoms with van der Waals surface area (Å²) in [5, 5.41) is 12.3. The number of carbonyl (C=O) groups excluding carboxylic acids is 1. The minimum absolute atomic E-state index is 0.0221. The Bertz CT molecular complexity index is 1220. The van der Waals surface area contributed by atoms with Crippen LogP contribution in [0.1, 0.15) is 56.9 Å². The summed E-state index contributed by atoms with van der Waals surface area (Å²) in [5.74, 6) is -1.10. The first-order chi connectivity index (χ1) is 15.8. The van der Waals surface area contributed by atoms with Gasteiger partial charge in [0.15, 0.2) is 0 Å². The number of rotatable bonds is 6. The molecule has 0 aliphatic heterocycles. The van der Waals surface area contributed by atoms with Gasteiger partial charge < -0.3 is 15.4 Å². The van der Waals surface area contributed by atoms with E-state index >= 15 is 0 Å². The molecule has 0 spiro atoms. The van der Waals surface area contributed by atoms with Crippen LogP contribution in [0.25, 0.3) is 11.1 Å². The van der Waals surface area contributed by atoms with Gasteiger partial charge in [0, 0.05) is 28.1 Å². The van der Waals surface area contributed by atoms with Gasteiger partial charge in [-0.2, -0.15) is 0 Å². The summed E-state index contributed by atoms with van der Waals surface area (Å²) in [4.78, 5) is 40.7. The van der Waals surface area contributed by atoms with Crippen LogP contribution in [0, 0.1) is 19.8 Å². The lowest BCUT2D eigenvalue weighted by Gasteiger charge is -2.27. The van der Waals surface area contributed by atoms with Crippen molar-refractivity contribution >= 4 is 23.2 Å². The average Bonchev–Trinajstić information content (AvgIpc) is 3.07. The number of aromatic amines is 1. The number of hydrogen-bond acceptors (Lipinski definition) is 4. The first-order valence-electron chi connectivity index (χ1n) is 11.2. The number of amides is 1. The number of hydrogen-bond donors (Lipinski definition) is 3. The molecule has 2 heterocycles. The number of carboxylic acid groups (broad SMARTS) is 1. The van der Waals surface area contributed by atoms with E-state index in [-0.39, 0.29) is 23.4 Å². The van der Waals surface area contributed by atoms with Crippen molar-refractivity contribution in [1.29, 1.82) is 0 Å². The van der Waals surface area contributed by atoms with Gasteiger partial charge in [0.2, 0.25) is 5.56 Å². The standard InChI is InChI=1S/C26H28N2O4S/c1-15-22(13-17-3-5-18(6-4-17)20-11-12-27-23(29)14-20)24(16(2)33-15)25(30)28-21-9-7-19(8-10-21)26(31)32/h3-6,11-12,14,19,21H,7-10,13H2,1-2H3,(H,27,29)(H,28,30)(H,31,32). The van der Waals surface area contributed by atoms with Crippen molar-refractivity contribution in [1.82, 2.24) is 10.3 Å². The SMILES string of the molecule is Cc1sc(C)c(C(=O)NC2CCC(C(=O)O)CC2)c1Cc1ccc(-c2cc[nH]c(=O)c2)cc1. The first-order valence-corrected chi connectivity index (χ1v) is 12.0. The zero-order chi connectivity index (χ0) is 23.5. The highest BCUT2D eigenvalue weighted by molar-refractivity contribution is 7.12. The Balaban J connectivity index is 1.49. The Hall–Kier alpha value is -3.19. The number of carbonyl (C=O) groups is 2. The van der Waals surface area contributed by atoms with Crippen LogP contribution in [0.4, 0.5) is 0 Å². The van der Waals surface area contributed by atoms with Crippen molar-refractivity contribution in [2.45, 2.75) is 52.0 Å². The van der Waals surface area contributed by atoms with Crippen LogP contribution in [0.3, 0.4) is 0 Å². The Kier molecular flexibility index (Phi) is 6.79. The van der Waals surface area contributed by atoms with E-state index in [4.69, 9.17) is 0 Å². The van der Waals surface area contributed by atoms with E-state index < -0.39 is 5.97 Å². The van der Waals surface area contributed by atoms with Gasteiger partial charge in [-0.25, -0.2) is 0 Å². The van der Waals surface area contributed by atoms with E-state index in [1.807, 2.05) is 44.2 Å². The fourth-order valence-corrected chi connectivity index (χ4v) is 5.70. The molecular weight excluding hydrogens is 436 g/mol. The quantitative estimate of drug-likeness (QED) is 0.493. The molecule has 6 nitrogen and oxygen atoms in total. The number of carboxylic acids is 1. The second-order valence-electron chi connectivity index (χ2n) is 8.74. The van der Waals surface area contributed by atoms with E-state index in [9.17, 15) is 19.5 Å². The molecule has 0 atom stereocenters. The molecule has 1 aromatic carbocycles. The number of thiophene rings is 1. The monoisotopic (exact) mass is 464 g/mol. The maximum Gasteiger partial charge on any atom is 0.306 e. The van der Waals surface area contributed by atoms with Crippen LogP contribution in [-0.2, 0) is 11.2 Å². The Morgan fingerprint density at radius 2 is 1.73 bits per heavy atom. The highest BCUT2D eigenvalue weighted by Gasteiger charge is 2.28. The average molecular weight is 465 g/mol. The van der Waals surface area contributed by atoms with Gasteiger partial charge in [0.1, 0.15) is 0 Å². The van der Waals surface area contributed by atoms with Crippen molar-refractivity contribution < 1.29 is 14.7 Å². The molecule has 2 aromatic heterocycles. The Morgan fingerprint density at radius 1 is 1.03 bits per heavy atom. The van der Waals surface area contributed by atoms with E-state index in [0.717, 1.165) is 37.6 Å². The topological polar surface area (TPSA) is 99.3 Å². The molecule has 172 valence electrons. The van der Waals surface area contributed by atoms with Crippen molar-refractivity contribution in [2.75, 3.05) is 0 Å². The minimum Gasteiger partial charge on any atom is -0.481 e. The van der Waals surface area contributed by atoms with Crippen LogP contribution < -0.4 is 10.9 Å². The number of benzene rings is 1. The summed E-state index contributed by atoms with van der Waals surface area (Å²) < 4.78 is 0. The molecule has 0 radical (unpaired) electrons. The van der Waals surface area contributed by atoms with Crippen LogP contribution in [0.15, 0.2) is 47.4 Å². The maximum absolute atomic E-state index is 13.2. The number of aryl methyl sites for hydroxylation is 2. The fourth-order valence-electron chi connectivity index (χ4n) is 4.63. The molecule has 33 heavy (non-hydrogen) atoms. The lowest BCUT2D eigenvalue weighted by molar-refractivity contribution is -0.142. The highest BCUT2D eigenvalue weighted by Crippen LogP contribution is 2.31. The molecule has 1 fully saturated rings. The van der Waals surface area contributed by atoms with Crippen molar-refractivity contribution in [3.8, 4) is 11.1 Å². The molecule has 4 rings (SSSR count). The predicted octanol–water partition coefficient (Wildman–Crippen LogP) is 4.68. The summed E-state index contributed by atoms with van der Waals surface area (Å²) in [6.07, 6.45) is 4.90. The van der Waals surface area contributed by atoms with Gasteiger partial charge in [-0.05, 0) is 74.3 Å². The van der Waals surface area contributed by atoms with Crippen LogP contribution >= 0.6 is 11.3 Å². The highest BCUT2D eigenvalue weighted by atomic mass is 32.1. The van der Waals surface area contributed by atoms with E-state index in [1.54, 1.807) is 23.6 Å². The van der Waals surface area contributed by atoms with Crippen molar-refractivity contribution in [3.05, 3.63) is 79.4 Å². The molecule has 1 aliphatic carbocycles. The first kappa shape index (κ1) is 23.0. The molecule has 0 bridgehead atoms. The van der Waals surface area contributed by atoms with Gasteiger partial charge in [-0.1, -0.05) is 24.3 Å². The van der Waals surface area contributed by atoms with Gasteiger partial charge in [0.05, 0.1) is 11.5 Å². The van der Waals surface area contributed by atoms with Crippen molar-refractivity contribution in [2.24, 2.45) is 5.92 Å². The number of aromatic nitrogens is 1. The molecule has 3 aromatic rings. The fraction of sp³-hybridized carbons (Fsp3) is 0.346. The number of H-pyrrole nitrogens is 1. The lowest BCUT2D eigenvalue weighted by Crippen LogP contribution is -2.39. The van der Waals surface area contributed by atoms with E-state index in [0.29, 0.717) is 32.1 Å². The normalized spacial score (nSPS) is 18.1. The molecule has 0 saturated heterocycles. The third-order valence-corrected chi connectivity index (χ3v) is 7.53. The zero-order valence-electron chi connectivity index (χ0n) is 18.8. The second kappa shape index (κ2) is 9.75. The summed E-state index contributed by atoms with van der Waals surface area (Å²) in [6, 6.07) is 11.5. The summed E-state index contributed by atoms with van der Waals surface area (Å²) >= 11 is 1.63. The second-order valence-corrected chi connectivity index (χ2v) is 10.2. The third kappa shape index (κ3) is 5.25. The van der Waals surface area contributed by atoms with Crippen molar-refractivity contribution in [3.63, 3.8) is 0 Å². The molecule has 7 heteroatoms. The number of aliphatic carboxylic acids is 1. The summed E-state index contributed by atoms with van der Waals surface area (Å²) in [5.41, 5.74) is 4.59. The zero-order valence-corrected chi connectivity index (χ0v) is 19.6. The minimum atomic E-state index is -0.739. The molecule has 3 N–H and O–H groups in total. The Morgan fingerprint density at radius 3 is 2.36 bits per heavy atom. The van der Waals surface area contributed by atoms with E-state index in [1.165, 1.54) is 0 Å². The summed E-state index contributed by atoms with van der Waals surface area (Å²) in [7, 11) is 0. The largest absolute Gasteiger partial charge is 0.481 e. The number of nitrogens with one attached hydrogen (secondary N) is 2. The third-order valence-electron chi connectivity index (χ3n) is 6.47. The molecule has 0 unspecified atom stereocenters. The smallest absolute Gasteiger partial charge is 0.306 e. The van der Waals surface area contributed by atoms with Crippen LogP contribution in [-0.4, -0.2) is 28.0 Å².